The van der Waals surface area contributed by atoms with Crippen LogP contribution in [0.4, 0.5) is 0 Å². The van der Waals surface area contributed by atoms with E-state index in [-0.39, 0.29) is 18.5 Å². The van der Waals surface area contributed by atoms with Crippen LogP contribution in [0.3, 0.4) is 0 Å². The number of aryl methyl sites for hydroxylation is 1. The highest BCUT2D eigenvalue weighted by molar-refractivity contribution is 5.90. The van der Waals surface area contributed by atoms with Crippen LogP contribution in [0.2, 0.25) is 0 Å². The van der Waals surface area contributed by atoms with Gasteiger partial charge in [0.1, 0.15) is 5.82 Å². The van der Waals surface area contributed by atoms with Crippen LogP contribution in [0.5, 0.6) is 11.5 Å². The SMILES string of the molecule is Cc1nc(C(=O)N(C)Cc2ccc3c(c2)OCO3)nn1-c1ccccc1C(C)C. The third kappa shape index (κ3) is 3.68. The van der Waals surface area contributed by atoms with Crippen LogP contribution in [0, 0.1) is 6.92 Å². The lowest BCUT2D eigenvalue weighted by molar-refractivity contribution is 0.0773. The number of carbonyl (C=O) groups is 1. The molecule has 0 aliphatic carbocycles. The number of rotatable bonds is 5. The number of hydrogen-bond acceptors (Lipinski definition) is 5. The smallest absolute Gasteiger partial charge is 0.293 e. The topological polar surface area (TPSA) is 69.5 Å². The summed E-state index contributed by atoms with van der Waals surface area (Å²) in [7, 11) is 1.74. The fraction of sp³-hybridized carbons (Fsp3) is 0.318. The van der Waals surface area contributed by atoms with Crippen molar-refractivity contribution < 1.29 is 14.3 Å². The molecule has 1 aliphatic rings. The second-order valence-electron chi connectivity index (χ2n) is 7.46. The molecule has 0 bridgehead atoms. The molecular formula is C22H24N4O3. The molecule has 0 saturated heterocycles. The molecule has 0 N–H and O–H groups in total. The molecule has 0 spiro atoms. The summed E-state index contributed by atoms with van der Waals surface area (Å²) in [5, 5.41) is 4.51. The number of fused-ring (bicyclic) bond motifs is 1. The highest BCUT2D eigenvalue weighted by Gasteiger charge is 2.21. The third-order valence-corrected chi connectivity index (χ3v) is 4.95. The molecular weight excluding hydrogens is 368 g/mol. The second kappa shape index (κ2) is 7.58. The highest BCUT2D eigenvalue weighted by Crippen LogP contribution is 2.32. The Hall–Kier alpha value is -3.35. The Kier molecular flexibility index (Phi) is 4.96. The van der Waals surface area contributed by atoms with Crippen LogP contribution in [-0.2, 0) is 6.54 Å². The predicted molar refractivity (Wildman–Crippen MR) is 109 cm³/mol. The minimum absolute atomic E-state index is 0.185. The van der Waals surface area contributed by atoms with E-state index in [9.17, 15) is 4.79 Å². The average molecular weight is 392 g/mol. The molecule has 0 fully saturated rings. The average Bonchev–Trinajstić information content (AvgIpc) is 3.33. The first-order valence-corrected chi connectivity index (χ1v) is 9.61. The summed E-state index contributed by atoms with van der Waals surface area (Å²) < 4.78 is 12.5. The van der Waals surface area contributed by atoms with Gasteiger partial charge in [0, 0.05) is 13.6 Å². The van der Waals surface area contributed by atoms with Crippen molar-refractivity contribution in [2.24, 2.45) is 0 Å². The summed E-state index contributed by atoms with van der Waals surface area (Å²) in [6.07, 6.45) is 0. The standard InChI is InChI=1S/C22H24N4O3/c1-14(2)17-7-5-6-8-18(17)26-15(3)23-21(24-26)22(27)25(4)12-16-9-10-19-20(11-16)29-13-28-19/h5-11,14H,12-13H2,1-4H3. The van der Waals surface area contributed by atoms with Crippen molar-refractivity contribution in [1.29, 1.82) is 0 Å². The fourth-order valence-electron chi connectivity index (χ4n) is 3.43. The summed E-state index contributed by atoms with van der Waals surface area (Å²) >= 11 is 0. The van der Waals surface area contributed by atoms with Crippen molar-refractivity contribution >= 4 is 5.91 Å². The normalized spacial score (nSPS) is 12.4. The highest BCUT2D eigenvalue weighted by atomic mass is 16.7. The number of benzene rings is 2. The zero-order chi connectivity index (χ0) is 20.5. The largest absolute Gasteiger partial charge is 0.454 e. The summed E-state index contributed by atoms with van der Waals surface area (Å²) in [5.41, 5.74) is 3.06. The maximum atomic E-state index is 12.9. The number of nitrogens with zero attached hydrogens (tertiary/aromatic N) is 4. The lowest BCUT2D eigenvalue weighted by Crippen LogP contribution is -2.27. The van der Waals surface area contributed by atoms with Crippen molar-refractivity contribution in [3.05, 3.63) is 65.2 Å². The zero-order valence-corrected chi connectivity index (χ0v) is 17.0. The first-order valence-electron chi connectivity index (χ1n) is 9.61. The van der Waals surface area contributed by atoms with Gasteiger partial charge in [0.15, 0.2) is 11.5 Å². The number of ether oxygens (including phenoxy) is 2. The Balaban J connectivity index is 1.56. The van der Waals surface area contributed by atoms with Gasteiger partial charge in [-0.15, -0.1) is 5.10 Å². The molecule has 29 heavy (non-hydrogen) atoms. The molecule has 0 saturated carbocycles. The number of hydrogen-bond donors (Lipinski definition) is 0. The Labute approximate surface area is 169 Å². The summed E-state index contributed by atoms with van der Waals surface area (Å²) in [6, 6.07) is 13.7. The Bertz CT molecular complexity index is 1060. The molecule has 7 heteroatoms. The van der Waals surface area contributed by atoms with Gasteiger partial charge in [-0.2, -0.15) is 0 Å². The number of carbonyl (C=O) groups excluding carboxylic acids is 1. The summed E-state index contributed by atoms with van der Waals surface area (Å²) in [4.78, 5) is 19.0. The maximum absolute atomic E-state index is 12.9. The van der Waals surface area contributed by atoms with Gasteiger partial charge in [0.25, 0.3) is 5.91 Å². The van der Waals surface area contributed by atoms with Crippen LogP contribution in [0.25, 0.3) is 5.69 Å². The fourth-order valence-corrected chi connectivity index (χ4v) is 3.43. The van der Waals surface area contributed by atoms with Crippen molar-refractivity contribution in [3.63, 3.8) is 0 Å². The van der Waals surface area contributed by atoms with Gasteiger partial charge in [0.05, 0.1) is 5.69 Å². The van der Waals surface area contributed by atoms with Gasteiger partial charge in [-0.25, -0.2) is 9.67 Å². The van der Waals surface area contributed by atoms with E-state index in [1.54, 1.807) is 16.6 Å². The Morgan fingerprint density at radius 2 is 1.93 bits per heavy atom. The van der Waals surface area contributed by atoms with Crippen LogP contribution >= 0.6 is 0 Å². The van der Waals surface area contributed by atoms with Crippen LogP contribution < -0.4 is 9.47 Å². The molecule has 1 aromatic heterocycles. The molecule has 0 unspecified atom stereocenters. The molecule has 0 atom stereocenters. The minimum Gasteiger partial charge on any atom is -0.454 e. The second-order valence-corrected chi connectivity index (χ2v) is 7.46. The number of aromatic nitrogens is 3. The zero-order valence-electron chi connectivity index (χ0n) is 17.0. The molecule has 7 nitrogen and oxygen atoms in total. The minimum atomic E-state index is -0.230. The monoisotopic (exact) mass is 392 g/mol. The lowest BCUT2D eigenvalue weighted by atomic mass is 10.0. The molecule has 2 aromatic carbocycles. The molecule has 2 heterocycles. The molecule has 150 valence electrons. The first-order chi connectivity index (χ1) is 13.9. The van der Waals surface area contributed by atoms with Crippen molar-refractivity contribution in [2.45, 2.75) is 33.2 Å². The van der Waals surface area contributed by atoms with E-state index in [1.807, 2.05) is 43.3 Å². The summed E-state index contributed by atoms with van der Waals surface area (Å²) in [6.45, 7) is 6.78. The molecule has 0 radical (unpaired) electrons. The van der Waals surface area contributed by atoms with E-state index in [4.69, 9.17) is 9.47 Å². The molecule has 1 amide bonds. The van der Waals surface area contributed by atoms with Gasteiger partial charge < -0.3 is 14.4 Å². The van der Waals surface area contributed by atoms with Crippen molar-refractivity contribution in [3.8, 4) is 17.2 Å². The molecule has 3 aromatic rings. The quantitative estimate of drug-likeness (QED) is 0.662. The van der Waals surface area contributed by atoms with Crippen molar-refractivity contribution in [1.82, 2.24) is 19.7 Å². The molecule has 4 rings (SSSR count). The third-order valence-electron chi connectivity index (χ3n) is 4.95. The van der Waals surface area contributed by atoms with E-state index < -0.39 is 0 Å². The van der Waals surface area contributed by atoms with Crippen LogP contribution in [-0.4, -0.2) is 39.4 Å². The van der Waals surface area contributed by atoms with Crippen LogP contribution in [0.1, 0.15) is 47.3 Å². The van der Waals surface area contributed by atoms with Gasteiger partial charge in [-0.3, -0.25) is 4.79 Å². The van der Waals surface area contributed by atoms with E-state index in [2.05, 4.69) is 30.0 Å². The van der Waals surface area contributed by atoms with E-state index >= 15 is 0 Å². The number of para-hydroxylation sites is 1. The Morgan fingerprint density at radius 1 is 1.17 bits per heavy atom. The van der Waals surface area contributed by atoms with Gasteiger partial charge in [0.2, 0.25) is 12.6 Å². The van der Waals surface area contributed by atoms with E-state index in [1.165, 1.54) is 0 Å². The van der Waals surface area contributed by atoms with Gasteiger partial charge in [-0.1, -0.05) is 38.1 Å². The Morgan fingerprint density at radius 3 is 2.72 bits per heavy atom. The predicted octanol–water partition coefficient (Wildman–Crippen LogP) is 3.70. The van der Waals surface area contributed by atoms with Crippen LogP contribution in [0.15, 0.2) is 42.5 Å². The molecule has 1 aliphatic heterocycles. The maximum Gasteiger partial charge on any atom is 0.293 e. The first kappa shape index (κ1) is 19.0. The summed E-state index contributed by atoms with van der Waals surface area (Å²) in [5.74, 6) is 2.39. The van der Waals surface area contributed by atoms with E-state index in [0.29, 0.717) is 24.0 Å². The number of amides is 1. The van der Waals surface area contributed by atoms with Gasteiger partial charge in [-0.05, 0) is 42.2 Å². The van der Waals surface area contributed by atoms with E-state index in [0.717, 1.165) is 22.6 Å². The van der Waals surface area contributed by atoms with Gasteiger partial charge >= 0.3 is 0 Å². The van der Waals surface area contributed by atoms with Crippen molar-refractivity contribution in [2.75, 3.05) is 13.8 Å². The lowest BCUT2D eigenvalue weighted by Gasteiger charge is -2.15.